The number of amides is 1. The predicted octanol–water partition coefficient (Wildman–Crippen LogP) is 4.96. The van der Waals surface area contributed by atoms with Crippen LogP contribution in [-0.2, 0) is 9.53 Å². The molecule has 1 heterocycles. The van der Waals surface area contributed by atoms with Crippen molar-refractivity contribution in [1.29, 1.82) is 0 Å². The highest BCUT2D eigenvalue weighted by atomic mass is 16.5. The maximum atomic E-state index is 12.4. The second kappa shape index (κ2) is 10.0. The molecule has 7 heteroatoms. The third-order valence-electron chi connectivity index (χ3n) is 5.23. The van der Waals surface area contributed by atoms with Crippen molar-refractivity contribution in [2.45, 2.75) is 13.8 Å². The fourth-order valence-corrected chi connectivity index (χ4v) is 3.60. The second-order valence-electron chi connectivity index (χ2n) is 7.55. The Hall–Kier alpha value is -4.39. The second-order valence-corrected chi connectivity index (χ2v) is 7.55. The van der Waals surface area contributed by atoms with E-state index in [9.17, 15) is 14.4 Å². The van der Waals surface area contributed by atoms with Gasteiger partial charge in [0.1, 0.15) is 11.3 Å². The van der Waals surface area contributed by atoms with E-state index < -0.39 is 11.6 Å². The monoisotopic (exact) mass is 457 g/mol. The predicted molar refractivity (Wildman–Crippen MR) is 129 cm³/mol. The Morgan fingerprint density at radius 1 is 0.971 bits per heavy atom. The van der Waals surface area contributed by atoms with Gasteiger partial charge in [-0.25, -0.2) is 9.59 Å². The lowest BCUT2D eigenvalue weighted by Crippen LogP contribution is -2.20. The van der Waals surface area contributed by atoms with E-state index in [0.29, 0.717) is 34.8 Å². The summed E-state index contributed by atoms with van der Waals surface area (Å²) in [5, 5.41) is 3.50. The summed E-state index contributed by atoms with van der Waals surface area (Å²) in [7, 11) is 0. The van der Waals surface area contributed by atoms with Crippen LogP contribution in [-0.4, -0.2) is 25.1 Å². The summed E-state index contributed by atoms with van der Waals surface area (Å²) in [6.07, 6.45) is 0. The molecule has 0 bridgehead atoms. The fourth-order valence-electron chi connectivity index (χ4n) is 3.60. The molecule has 4 aromatic rings. The fraction of sp³-hybridized carbons (Fsp3) is 0.148. The summed E-state index contributed by atoms with van der Waals surface area (Å²) < 4.78 is 16.1. The van der Waals surface area contributed by atoms with Crippen molar-refractivity contribution in [3.63, 3.8) is 0 Å². The molecule has 7 nitrogen and oxygen atoms in total. The molecular formula is C27H23NO6. The van der Waals surface area contributed by atoms with Gasteiger partial charge in [0.25, 0.3) is 5.91 Å². The molecule has 0 saturated heterocycles. The van der Waals surface area contributed by atoms with Crippen molar-refractivity contribution < 1.29 is 23.5 Å². The number of hydrogen-bond donors (Lipinski definition) is 1. The van der Waals surface area contributed by atoms with Gasteiger partial charge in [0.05, 0.1) is 12.2 Å². The summed E-state index contributed by atoms with van der Waals surface area (Å²) in [5.41, 5.74) is 3.18. The number of esters is 1. The number of carbonyl (C=O) groups is 2. The van der Waals surface area contributed by atoms with Crippen LogP contribution in [0, 0.1) is 6.92 Å². The van der Waals surface area contributed by atoms with Crippen LogP contribution >= 0.6 is 0 Å². The smallest absolute Gasteiger partial charge is 0.338 e. The molecule has 0 aliphatic rings. The number of nitrogens with one attached hydrogen (secondary N) is 1. The highest BCUT2D eigenvalue weighted by Crippen LogP contribution is 2.33. The molecule has 0 fully saturated rings. The number of aryl methyl sites for hydroxylation is 1. The molecule has 0 aliphatic carbocycles. The first-order chi connectivity index (χ1) is 16.5. The van der Waals surface area contributed by atoms with Crippen molar-refractivity contribution in [3.8, 4) is 16.9 Å². The molecule has 1 aromatic heterocycles. The SMILES string of the molecule is CCOC(=O)c1ccc(NC(=O)COc2ccc3c(-c4ccccc4)cc(=O)oc3c2C)cc1. The first kappa shape index (κ1) is 22.8. The zero-order chi connectivity index (χ0) is 24.1. The van der Waals surface area contributed by atoms with Gasteiger partial charge < -0.3 is 19.2 Å². The Morgan fingerprint density at radius 3 is 2.41 bits per heavy atom. The zero-order valence-corrected chi connectivity index (χ0v) is 18.8. The van der Waals surface area contributed by atoms with E-state index in [1.807, 2.05) is 36.4 Å². The van der Waals surface area contributed by atoms with Crippen LogP contribution in [0.25, 0.3) is 22.1 Å². The maximum absolute atomic E-state index is 12.4. The Bertz CT molecular complexity index is 1390. The van der Waals surface area contributed by atoms with Gasteiger partial charge in [-0.05, 0) is 61.4 Å². The molecular weight excluding hydrogens is 434 g/mol. The van der Waals surface area contributed by atoms with Gasteiger partial charge in [-0.1, -0.05) is 30.3 Å². The average molecular weight is 457 g/mol. The van der Waals surface area contributed by atoms with Crippen LogP contribution in [0.15, 0.2) is 82.0 Å². The van der Waals surface area contributed by atoms with E-state index >= 15 is 0 Å². The van der Waals surface area contributed by atoms with Gasteiger partial charge in [-0.15, -0.1) is 0 Å². The van der Waals surface area contributed by atoms with Crippen molar-refractivity contribution in [1.82, 2.24) is 0 Å². The molecule has 0 saturated carbocycles. The first-order valence-corrected chi connectivity index (χ1v) is 10.8. The Morgan fingerprint density at radius 2 is 1.71 bits per heavy atom. The molecule has 34 heavy (non-hydrogen) atoms. The van der Waals surface area contributed by atoms with Gasteiger partial charge in [-0.2, -0.15) is 0 Å². The highest BCUT2D eigenvalue weighted by molar-refractivity contribution is 5.96. The first-order valence-electron chi connectivity index (χ1n) is 10.8. The van der Waals surface area contributed by atoms with E-state index in [1.54, 1.807) is 44.2 Å². The molecule has 1 N–H and O–H groups in total. The minimum absolute atomic E-state index is 0.241. The lowest BCUT2D eigenvalue weighted by Gasteiger charge is -2.13. The summed E-state index contributed by atoms with van der Waals surface area (Å²) in [5.74, 6) is -0.353. The van der Waals surface area contributed by atoms with Crippen LogP contribution in [0.5, 0.6) is 5.75 Å². The zero-order valence-electron chi connectivity index (χ0n) is 18.8. The Balaban J connectivity index is 1.48. The Kier molecular flexibility index (Phi) is 6.73. The van der Waals surface area contributed by atoms with Crippen molar-refractivity contribution in [3.05, 3.63) is 94.3 Å². The molecule has 0 spiro atoms. The van der Waals surface area contributed by atoms with Gasteiger partial charge >= 0.3 is 11.6 Å². The largest absolute Gasteiger partial charge is 0.483 e. The summed E-state index contributed by atoms with van der Waals surface area (Å²) >= 11 is 0. The van der Waals surface area contributed by atoms with Crippen LogP contribution in [0.4, 0.5) is 5.69 Å². The van der Waals surface area contributed by atoms with E-state index in [4.69, 9.17) is 13.9 Å². The molecule has 1 amide bonds. The molecule has 3 aromatic carbocycles. The number of anilines is 1. The van der Waals surface area contributed by atoms with E-state index in [1.165, 1.54) is 6.07 Å². The number of ether oxygens (including phenoxy) is 2. The van der Waals surface area contributed by atoms with Gasteiger partial charge in [0, 0.05) is 22.7 Å². The lowest BCUT2D eigenvalue weighted by atomic mass is 10.0. The summed E-state index contributed by atoms with van der Waals surface area (Å²) in [6.45, 7) is 3.56. The molecule has 0 radical (unpaired) electrons. The normalized spacial score (nSPS) is 10.6. The van der Waals surface area contributed by atoms with Crippen LogP contribution < -0.4 is 15.7 Å². The van der Waals surface area contributed by atoms with Crippen LogP contribution in [0.3, 0.4) is 0 Å². The third-order valence-corrected chi connectivity index (χ3v) is 5.23. The van der Waals surface area contributed by atoms with Gasteiger partial charge in [0.2, 0.25) is 0 Å². The maximum Gasteiger partial charge on any atom is 0.338 e. The minimum atomic E-state index is -0.462. The number of fused-ring (bicyclic) bond motifs is 1. The summed E-state index contributed by atoms with van der Waals surface area (Å²) in [4.78, 5) is 36.3. The van der Waals surface area contributed by atoms with Crippen molar-refractivity contribution in [2.75, 3.05) is 18.5 Å². The third kappa shape index (κ3) is 4.99. The molecule has 0 unspecified atom stereocenters. The van der Waals surface area contributed by atoms with Gasteiger partial charge in [0.15, 0.2) is 6.61 Å². The van der Waals surface area contributed by atoms with E-state index in [-0.39, 0.29) is 12.5 Å². The lowest BCUT2D eigenvalue weighted by molar-refractivity contribution is -0.118. The van der Waals surface area contributed by atoms with Crippen LogP contribution in [0.2, 0.25) is 0 Å². The number of rotatable bonds is 7. The standard InChI is InChI=1S/C27H23NO6/c1-3-32-27(31)19-9-11-20(12-10-19)28-24(29)16-33-23-14-13-21-22(18-7-5-4-6-8-18)15-25(30)34-26(21)17(23)2/h4-15H,3,16H2,1-2H3,(H,28,29). The van der Waals surface area contributed by atoms with Crippen molar-refractivity contribution in [2.24, 2.45) is 0 Å². The molecule has 4 rings (SSSR count). The Labute approximate surface area is 195 Å². The average Bonchev–Trinajstić information content (AvgIpc) is 2.84. The van der Waals surface area contributed by atoms with Crippen LogP contribution in [0.1, 0.15) is 22.8 Å². The number of carbonyl (C=O) groups excluding carboxylic acids is 2. The topological polar surface area (TPSA) is 94.8 Å². The molecule has 172 valence electrons. The quantitative estimate of drug-likeness (QED) is 0.311. The summed E-state index contributed by atoms with van der Waals surface area (Å²) in [6, 6.07) is 21.0. The van der Waals surface area contributed by atoms with Crippen molar-refractivity contribution >= 4 is 28.5 Å². The van der Waals surface area contributed by atoms with E-state index in [2.05, 4.69) is 5.32 Å². The van der Waals surface area contributed by atoms with Gasteiger partial charge in [-0.3, -0.25) is 4.79 Å². The highest BCUT2D eigenvalue weighted by Gasteiger charge is 2.14. The number of hydrogen-bond acceptors (Lipinski definition) is 6. The number of benzene rings is 3. The minimum Gasteiger partial charge on any atom is -0.483 e. The van der Waals surface area contributed by atoms with E-state index in [0.717, 1.165) is 16.5 Å². The molecule has 0 aliphatic heterocycles. The molecule has 0 atom stereocenters.